The van der Waals surface area contributed by atoms with Gasteiger partial charge in [0.2, 0.25) is 5.91 Å². The molecule has 0 aliphatic rings. The van der Waals surface area contributed by atoms with Crippen molar-refractivity contribution in [3.05, 3.63) is 45.9 Å². The summed E-state index contributed by atoms with van der Waals surface area (Å²) in [5.41, 5.74) is 2.18. The van der Waals surface area contributed by atoms with Gasteiger partial charge in [-0.3, -0.25) is 4.79 Å². The van der Waals surface area contributed by atoms with E-state index in [4.69, 9.17) is 0 Å². The summed E-state index contributed by atoms with van der Waals surface area (Å²) >= 11 is 1.59. The van der Waals surface area contributed by atoms with Crippen LogP contribution in [-0.4, -0.2) is 24.0 Å². The molecule has 0 atom stereocenters. The largest absolute Gasteiger partial charge is 0.465 e. The van der Waals surface area contributed by atoms with Crippen molar-refractivity contribution < 1.29 is 14.3 Å². The number of carbonyl (C=O) groups excluding carboxylic acids is 2. The van der Waals surface area contributed by atoms with Gasteiger partial charge in [-0.2, -0.15) is 0 Å². The summed E-state index contributed by atoms with van der Waals surface area (Å²) in [6.07, 6.45) is 1.01. The predicted octanol–water partition coefficient (Wildman–Crippen LogP) is 3.62. The molecule has 0 fully saturated rings. The fourth-order valence-electron chi connectivity index (χ4n) is 1.96. The Morgan fingerprint density at radius 2 is 1.96 bits per heavy atom. The molecule has 1 N–H and O–H groups in total. The predicted molar refractivity (Wildman–Crippen MR) is 90.9 cm³/mol. The molecule has 0 saturated heterocycles. The molecule has 2 aromatic rings. The average Bonchev–Trinajstić information content (AvgIpc) is 3.02. The van der Waals surface area contributed by atoms with Gasteiger partial charge in [-0.25, -0.2) is 9.78 Å². The molecule has 1 amide bonds. The molecular formula is C17H20N2O3S. The van der Waals surface area contributed by atoms with Crippen molar-refractivity contribution in [1.29, 1.82) is 0 Å². The molecule has 0 spiro atoms. The minimum absolute atomic E-state index is 0.0721. The van der Waals surface area contributed by atoms with Crippen molar-refractivity contribution in [2.45, 2.75) is 32.6 Å². The van der Waals surface area contributed by atoms with Gasteiger partial charge in [0.05, 0.1) is 23.4 Å². The van der Waals surface area contributed by atoms with E-state index in [2.05, 4.69) is 28.9 Å². The summed E-state index contributed by atoms with van der Waals surface area (Å²) in [7, 11) is 1.33. The number of ether oxygens (including phenoxy) is 1. The van der Waals surface area contributed by atoms with Gasteiger partial charge in [0.25, 0.3) is 0 Å². The summed E-state index contributed by atoms with van der Waals surface area (Å²) in [5.74, 6) is -0.0631. The number of amides is 1. The summed E-state index contributed by atoms with van der Waals surface area (Å²) in [6, 6.07) is 6.61. The van der Waals surface area contributed by atoms with Crippen LogP contribution in [0.15, 0.2) is 29.6 Å². The molecule has 0 unspecified atom stereocenters. The maximum Gasteiger partial charge on any atom is 0.337 e. The van der Waals surface area contributed by atoms with E-state index >= 15 is 0 Å². The number of nitrogens with one attached hydrogen (secondary N) is 1. The first-order valence-corrected chi connectivity index (χ1v) is 8.30. The number of methoxy groups -OCH3 is 1. The molecule has 0 aliphatic carbocycles. The van der Waals surface area contributed by atoms with Crippen LogP contribution in [0.2, 0.25) is 0 Å². The maximum absolute atomic E-state index is 12.0. The zero-order chi connectivity index (χ0) is 16.8. The van der Waals surface area contributed by atoms with Crippen molar-refractivity contribution >= 4 is 28.9 Å². The number of benzene rings is 1. The quantitative estimate of drug-likeness (QED) is 0.820. The lowest BCUT2D eigenvalue weighted by Crippen LogP contribution is -2.12. The highest BCUT2D eigenvalue weighted by Gasteiger charge is 2.09. The van der Waals surface area contributed by atoms with Gasteiger partial charge in [-0.1, -0.05) is 13.8 Å². The van der Waals surface area contributed by atoms with Gasteiger partial charge >= 0.3 is 5.97 Å². The Hall–Kier alpha value is -2.21. The molecular weight excluding hydrogens is 312 g/mol. The highest BCUT2D eigenvalue weighted by atomic mass is 32.1. The number of aromatic nitrogens is 1. The van der Waals surface area contributed by atoms with Gasteiger partial charge in [-0.05, 0) is 30.2 Å². The van der Waals surface area contributed by atoms with Crippen molar-refractivity contribution in [2.24, 2.45) is 0 Å². The summed E-state index contributed by atoms with van der Waals surface area (Å²) < 4.78 is 4.63. The maximum atomic E-state index is 12.0. The Balaban J connectivity index is 1.85. The number of aryl methyl sites for hydroxylation is 1. The van der Waals surface area contributed by atoms with Gasteiger partial charge in [-0.15, -0.1) is 11.3 Å². The number of rotatable bonds is 6. The first-order valence-electron chi connectivity index (χ1n) is 7.42. The topological polar surface area (TPSA) is 68.3 Å². The minimum Gasteiger partial charge on any atom is -0.465 e. The van der Waals surface area contributed by atoms with Crippen molar-refractivity contribution in [3.63, 3.8) is 0 Å². The number of nitrogens with zero attached hydrogens (tertiary/aromatic N) is 1. The van der Waals surface area contributed by atoms with Crippen LogP contribution >= 0.6 is 11.3 Å². The normalized spacial score (nSPS) is 10.6. The Bertz CT molecular complexity index is 677. The summed E-state index contributed by atoms with van der Waals surface area (Å²) in [6.45, 7) is 4.20. The standard InChI is InChI=1S/C17H20N2O3S/c1-11(2)14-10-23-16(19-14)9-8-15(20)18-13-6-4-12(5-7-13)17(21)22-3/h4-7,10-11H,8-9H2,1-3H3,(H,18,20). The molecule has 0 bridgehead atoms. The Kier molecular flexibility index (Phi) is 5.87. The molecule has 0 aliphatic heterocycles. The zero-order valence-corrected chi connectivity index (χ0v) is 14.3. The number of hydrogen-bond donors (Lipinski definition) is 1. The van der Waals surface area contributed by atoms with E-state index in [1.807, 2.05) is 5.38 Å². The van der Waals surface area contributed by atoms with E-state index in [1.54, 1.807) is 35.6 Å². The van der Waals surface area contributed by atoms with Crippen LogP contribution in [0.3, 0.4) is 0 Å². The third kappa shape index (κ3) is 4.89. The lowest BCUT2D eigenvalue weighted by atomic mass is 10.2. The van der Waals surface area contributed by atoms with E-state index in [-0.39, 0.29) is 5.91 Å². The first kappa shape index (κ1) is 17.1. The van der Waals surface area contributed by atoms with E-state index in [0.29, 0.717) is 30.0 Å². The number of hydrogen-bond acceptors (Lipinski definition) is 5. The number of esters is 1. The lowest BCUT2D eigenvalue weighted by Gasteiger charge is -2.05. The van der Waals surface area contributed by atoms with Crippen molar-refractivity contribution in [2.75, 3.05) is 12.4 Å². The van der Waals surface area contributed by atoms with Crippen LogP contribution in [0, 0.1) is 0 Å². The monoisotopic (exact) mass is 332 g/mol. The Morgan fingerprint density at radius 1 is 1.26 bits per heavy atom. The molecule has 0 saturated carbocycles. The van der Waals surface area contributed by atoms with Gasteiger partial charge in [0.15, 0.2) is 0 Å². The fourth-order valence-corrected chi connectivity index (χ4v) is 2.92. The first-order chi connectivity index (χ1) is 11.0. The van der Waals surface area contributed by atoms with Crippen LogP contribution in [0.25, 0.3) is 0 Å². The second-order valence-corrected chi connectivity index (χ2v) is 6.38. The third-order valence-corrected chi connectivity index (χ3v) is 4.24. The van der Waals surface area contributed by atoms with E-state index < -0.39 is 5.97 Å². The second kappa shape index (κ2) is 7.87. The molecule has 2 rings (SSSR count). The van der Waals surface area contributed by atoms with E-state index in [9.17, 15) is 9.59 Å². The average molecular weight is 332 g/mol. The molecule has 5 nitrogen and oxygen atoms in total. The van der Waals surface area contributed by atoms with Crippen LogP contribution in [-0.2, 0) is 16.0 Å². The van der Waals surface area contributed by atoms with Gasteiger partial charge in [0, 0.05) is 23.9 Å². The number of thiazole rings is 1. The fraction of sp³-hybridized carbons (Fsp3) is 0.353. The smallest absolute Gasteiger partial charge is 0.337 e. The Morgan fingerprint density at radius 3 is 2.52 bits per heavy atom. The van der Waals surface area contributed by atoms with E-state index in [1.165, 1.54) is 7.11 Å². The highest BCUT2D eigenvalue weighted by Crippen LogP contribution is 2.19. The number of anilines is 1. The summed E-state index contributed by atoms with van der Waals surface area (Å²) in [4.78, 5) is 27.8. The molecule has 1 aromatic heterocycles. The van der Waals surface area contributed by atoms with Crippen LogP contribution in [0.4, 0.5) is 5.69 Å². The summed E-state index contributed by atoms with van der Waals surface area (Å²) in [5, 5.41) is 5.83. The Labute approximate surface area is 139 Å². The van der Waals surface area contributed by atoms with Crippen molar-refractivity contribution in [1.82, 2.24) is 4.98 Å². The zero-order valence-electron chi connectivity index (χ0n) is 13.5. The second-order valence-electron chi connectivity index (χ2n) is 5.44. The van der Waals surface area contributed by atoms with Gasteiger partial charge < -0.3 is 10.1 Å². The highest BCUT2D eigenvalue weighted by molar-refractivity contribution is 7.09. The SMILES string of the molecule is COC(=O)c1ccc(NC(=O)CCc2nc(C(C)C)cs2)cc1. The third-order valence-electron chi connectivity index (χ3n) is 3.32. The molecule has 23 heavy (non-hydrogen) atoms. The molecule has 122 valence electrons. The van der Waals surface area contributed by atoms with E-state index in [0.717, 1.165) is 10.7 Å². The number of carbonyl (C=O) groups is 2. The van der Waals surface area contributed by atoms with Crippen LogP contribution < -0.4 is 5.32 Å². The minimum atomic E-state index is -0.396. The van der Waals surface area contributed by atoms with Gasteiger partial charge in [0.1, 0.15) is 0 Å². The van der Waals surface area contributed by atoms with Crippen LogP contribution in [0.5, 0.6) is 0 Å². The molecule has 1 aromatic carbocycles. The van der Waals surface area contributed by atoms with Crippen molar-refractivity contribution in [3.8, 4) is 0 Å². The molecule has 0 radical (unpaired) electrons. The molecule has 1 heterocycles. The molecule has 6 heteroatoms. The lowest BCUT2D eigenvalue weighted by molar-refractivity contribution is -0.116. The van der Waals surface area contributed by atoms with Crippen LogP contribution in [0.1, 0.15) is 47.2 Å².